The van der Waals surface area contributed by atoms with Crippen LogP contribution < -0.4 is 10.5 Å². The monoisotopic (exact) mass is 463 g/mol. The first-order chi connectivity index (χ1) is 16.1. The summed E-state index contributed by atoms with van der Waals surface area (Å²) in [5.41, 5.74) is 1.82. The third-order valence-corrected chi connectivity index (χ3v) is 6.77. The highest BCUT2D eigenvalue weighted by Crippen LogP contribution is 2.38. The zero-order valence-electron chi connectivity index (χ0n) is 18.9. The van der Waals surface area contributed by atoms with Crippen LogP contribution in [0.2, 0.25) is 5.02 Å². The molecule has 1 aliphatic heterocycles. The van der Waals surface area contributed by atoms with Crippen molar-refractivity contribution in [3.05, 3.63) is 70.3 Å². The van der Waals surface area contributed by atoms with E-state index >= 15 is 0 Å². The second-order valence-electron chi connectivity index (χ2n) is 8.17. The summed E-state index contributed by atoms with van der Waals surface area (Å²) in [6.45, 7) is 6.90. The number of nitrogens with one attached hydrogen (secondary N) is 1. The first kappa shape index (κ1) is 21.5. The predicted octanol–water partition coefficient (Wildman–Crippen LogP) is 4.63. The predicted molar refractivity (Wildman–Crippen MR) is 132 cm³/mol. The van der Waals surface area contributed by atoms with Crippen LogP contribution in [0.15, 0.2) is 53.9 Å². The second kappa shape index (κ2) is 8.51. The summed E-state index contributed by atoms with van der Waals surface area (Å²) in [4.78, 5) is 28.0. The molecule has 0 aromatic carbocycles. The number of rotatable bonds is 6. The molecule has 0 amide bonds. The van der Waals surface area contributed by atoms with E-state index in [4.69, 9.17) is 16.7 Å². The molecule has 1 aliphatic rings. The topological polar surface area (TPSA) is 84.1 Å². The molecule has 4 aromatic heterocycles. The fourth-order valence-electron chi connectivity index (χ4n) is 4.81. The molecule has 9 heteroatoms. The molecule has 170 valence electrons. The van der Waals surface area contributed by atoms with Gasteiger partial charge in [-0.3, -0.25) is 9.36 Å². The Morgan fingerprint density at radius 3 is 2.88 bits per heavy atom. The number of fused-ring (bicyclic) bond motifs is 2. The molecule has 0 spiro atoms. The van der Waals surface area contributed by atoms with Gasteiger partial charge in [0.25, 0.3) is 5.56 Å². The van der Waals surface area contributed by atoms with Gasteiger partial charge in [-0.05, 0) is 44.9 Å². The lowest BCUT2D eigenvalue weighted by molar-refractivity contribution is 0.354. The lowest BCUT2D eigenvalue weighted by atomic mass is 9.86. The first-order valence-electron chi connectivity index (χ1n) is 11.2. The van der Waals surface area contributed by atoms with Gasteiger partial charge in [0.15, 0.2) is 0 Å². The highest BCUT2D eigenvalue weighted by Gasteiger charge is 2.39. The molecule has 1 saturated heterocycles. The minimum Gasteiger partial charge on any atom is -0.352 e. The van der Waals surface area contributed by atoms with E-state index in [1.165, 1.54) is 0 Å². The van der Waals surface area contributed by atoms with Gasteiger partial charge >= 0.3 is 0 Å². The zero-order chi connectivity index (χ0) is 23.1. The normalized spacial score (nSPS) is 17.9. The van der Waals surface area contributed by atoms with E-state index in [1.54, 1.807) is 27.7 Å². The molecule has 1 N–H and O–H groups in total. The molecule has 5 heterocycles. The van der Waals surface area contributed by atoms with Gasteiger partial charge in [0.2, 0.25) is 0 Å². The fraction of sp³-hybridized carbons (Fsp3) is 0.333. The lowest BCUT2D eigenvalue weighted by Crippen LogP contribution is -2.52. The molecule has 33 heavy (non-hydrogen) atoms. The van der Waals surface area contributed by atoms with E-state index < -0.39 is 0 Å². The largest absolute Gasteiger partial charge is 0.352 e. The van der Waals surface area contributed by atoms with Crippen molar-refractivity contribution in [3.63, 3.8) is 0 Å². The molecular weight excluding hydrogens is 438 g/mol. The van der Waals surface area contributed by atoms with E-state index in [0.29, 0.717) is 10.5 Å². The van der Waals surface area contributed by atoms with Gasteiger partial charge < -0.3 is 9.88 Å². The van der Waals surface area contributed by atoms with E-state index in [2.05, 4.69) is 26.8 Å². The Kier molecular flexibility index (Phi) is 5.54. The molecule has 4 aromatic rings. The second-order valence-corrected chi connectivity index (χ2v) is 8.58. The smallest absolute Gasteiger partial charge is 0.284 e. The van der Waals surface area contributed by atoms with Crippen LogP contribution in [0, 0.1) is 0 Å². The van der Waals surface area contributed by atoms with Gasteiger partial charge in [-0.25, -0.2) is 14.5 Å². The highest BCUT2D eigenvalue weighted by atomic mass is 35.5. The van der Waals surface area contributed by atoms with Gasteiger partial charge in [-0.15, -0.1) is 0 Å². The van der Waals surface area contributed by atoms with Gasteiger partial charge in [0.1, 0.15) is 29.1 Å². The molecule has 8 nitrogen and oxygen atoms in total. The molecule has 0 saturated carbocycles. The minimum atomic E-state index is -0.166. The van der Waals surface area contributed by atoms with E-state index in [0.717, 1.165) is 47.8 Å². The van der Waals surface area contributed by atoms with Gasteiger partial charge in [0, 0.05) is 36.6 Å². The van der Waals surface area contributed by atoms with Crippen molar-refractivity contribution in [2.24, 2.45) is 0 Å². The number of hydrogen-bond acceptors (Lipinski definition) is 5. The van der Waals surface area contributed by atoms with Gasteiger partial charge in [0.05, 0.1) is 10.4 Å². The summed E-state index contributed by atoms with van der Waals surface area (Å²) < 4.78 is 3.33. The van der Waals surface area contributed by atoms with Crippen molar-refractivity contribution in [1.82, 2.24) is 29.1 Å². The van der Waals surface area contributed by atoms with Crippen LogP contribution >= 0.6 is 11.6 Å². The van der Waals surface area contributed by atoms with Crippen molar-refractivity contribution in [1.29, 1.82) is 0 Å². The highest BCUT2D eigenvalue weighted by molar-refractivity contribution is 6.33. The van der Waals surface area contributed by atoms with Crippen molar-refractivity contribution in [3.8, 4) is 0 Å². The van der Waals surface area contributed by atoms with Crippen LogP contribution in [0.5, 0.6) is 0 Å². The van der Waals surface area contributed by atoms with Gasteiger partial charge in [-0.1, -0.05) is 30.7 Å². The summed E-state index contributed by atoms with van der Waals surface area (Å²) in [6, 6.07) is 3.88. The number of nitrogens with zero attached hydrogens (tertiary/aromatic N) is 6. The average molecular weight is 464 g/mol. The summed E-state index contributed by atoms with van der Waals surface area (Å²) in [6.07, 6.45) is 12.8. The number of anilines is 1. The maximum atomic E-state index is 13.7. The van der Waals surface area contributed by atoms with Crippen molar-refractivity contribution < 1.29 is 0 Å². The molecule has 1 fully saturated rings. The van der Waals surface area contributed by atoms with Gasteiger partial charge in [-0.2, -0.15) is 5.10 Å². The van der Waals surface area contributed by atoms with Crippen LogP contribution in [-0.4, -0.2) is 41.7 Å². The zero-order valence-corrected chi connectivity index (χ0v) is 19.6. The number of halogens is 1. The average Bonchev–Trinajstić information content (AvgIpc) is 3.42. The molecule has 2 unspecified atom stereocenters. The third-order valence-electron chi connectivity index (χ3n) is 6.46. The Bertz CT molecular complexity index is 1440. The molecule has 0 aliphatic carbocycles. The van der Waals surface area contributed by atoms with Crippen LogP contribution in [0.4, 0.5) is 5.82 Å². The summed E-state index contributed by atoms with van der Waals surface area (Å²) in [5, 5.41) is 6.32. The van der Waals surface area contributed by atoms with Crippen LogP contribution in [0.3, 0.4) is 0 Å². The maximum Gasteiger partial charge on any atom is 0.284 e. The molecule has 0 bridgehead atoms. The summed E-state index contributed by atoms with van der Waals surface area (Å²) in [5.74, 6) is 1.65. The minimum absolute atomic E-state index is 0.0150. The third kappa shape index (κ3) is 3.36. The quantitative estimate of drug-likeness (QED) is 0.421. The lowest BCUT2D eigenvalue weighted by Gasteiger charge is -2.46. The number of aromatic amines is 1. The Hall–Kier alpha value is -3.39. The Morgan fingerprint density at radius 2 is 2.18 bits per heavy atom. The van der Waals surface area contributed by atoms with Crippen molar-refractivity contribution >= 4 is 39.7 Å². The summed E-state index contributed by atoms with van der Waals surface area (Å²) >= 11 is 6.35. The SMILES string of the molecule is CC=CC(=CC)n1c(C(CC)C2CCN2c2ncnc3[nH]ccc23)nn2ccc(Cl)c2c1=O. The molecule has 2 atom stereocenters. The van der Waals surface area contributed by atoms with E-state index in [-0.39, 0.29) is 17.5 Å². The molecule has 5 rings (SSSR count). The fourth-order valence-corrected chi connectivity index (χ4v) is 5.03. The first-order valence-corrected chi connectivity index (χ1v) is 11.6. The standard InChI is InChI=1S/C24H26ClN7O/c1-4-7-15(5-2)32-23(29-31-13-9-18(25)20(31)24(32)33)16(6-3)19-10-12-30(19)22-17-8-11-26-21(17)27-14-28-22/h4-5,7-9,11,13-14,16,19H,6,10,12H2,1-3H3,(H,26,27,28). The Balaban J connectivity index is 1.67. The van der Waals surface area contributed by atoms with Crippen molar-refractivity contribution in [2.45, 2.75) is 45.6 Å². The van der Waals surface area contributed by atoms with Crippen LogP contribution in [0.25, 0.3) is 22.2 Å². The van der Waals surface area contributed by atoms with E-state index in [9.17, 15) is 4.79 Å². The maximum absolute atomic E-state index is 13.7. The van der Waals surface area contributed by atoms with Crippen molar-refractivity contribution in [2.75, 3.05) is 11.4 Å². The number of aromatic nitrogens is 6. The summed E-state index contributed by atoms with van der Waals surface area (Å²) in [7, 11) is 0. The number of hydrogen-bond donors (Lipinski definition) is 1. The number of allylic oxidation sites excluding steroid dienone is 4. The number of H-pyrrole nitrogens is 1. The van der Waals surface area contributed by atoms with E-state index in [1.807, 2.05) is 44.3 Å². The van der Waals surface area contributed by atoms with Crippen LogP contribution in [-0.2, 0) is 0 Å². The Morgan fingerprint density at radius 1 is 1.33 bits per heavy atom. The van der Waals surface area contributed by atoms with Crippen LogP contribution in [0.1, 0.15) is 45.4 Å². The molecule has 0 radical (unpaired) electrons. The Labute approximate surface area is 196 Å². The molecular formula is C24H26ClN7O.